The first kappa shape index (κ1) is 13.2. The molecule has 104 valence electrons. The van der Waals surface area contributed by atoms with Crippen LogP contribution < -0.4 is 0 Å². The van der Waals surface area contributed by atoms with Crippen LogP contribution in [0, 0.1) is 5.82 Å². The van der Waals surface area contributed by atoms with Crippen molar-refractivity contribution in [2.45, 2.75) is 0 Å². The molecule has 0 saturated heterocycles. The number of esters is 1. The van der Waals surface area contributed by atoms with Gasteiger partial charge in [-0.2, -0.15) is 0 Å². The average molecular weight is 281 g/mol. The van der Waals surface area contributed by atoms with Crippen LogP contribution in [0.4, 0.5) is 4.39 Å². The van der Waals surface area contributed by atoms with E-state index in [1.807, 2.05) is 12.1 Å². The van der Waals surface area contributed by atoms with E-state index in [0.29, 0.717) is 5.56 Å². The zero-order valence-electron chi connectivity index (χ0n) is 11.3. The van der Waals surface area contributed by atoms with Crippen LogP contribution in [0.2, 0.25) is 0 Å². The fraction of sp³-hybridized carbons (Fsp3) is 0.0588. The summed E-state index contributed by atoms with van der Waals surface area (Å²) in [6.07, 6.45) is 1.69. The number of benzene rings is 2. The number of methoxy groups -OCH3 is 1. The second-order valence-electron chi connectivity index (χ2n) is 4.63. The molecule has 0 bridgehead atoms. The number of nitrogens with zero attached hydrogens (tertiary/aromatic N) is 1. The summed E-state index contributed by atoms with van der Waals surface area (Å²) in [7, 11) is 1.34. The maximum absolute atomic E-state index is 13.3. The predicted molar refractivity (Wildman–Crippen MR) is 78.5 cm³/mol. The molecule has 0 N–H and O–H groups in total. The first-order valence-corrected chi connectivity index (χ1v) is 6.41. The topological polar surface area (TPSA) is 39.2 Å². The Morgan fingerprint density at radius 1 is 1.10 bits per heavy atom. The number of fused-ring (bicyclic) bond motifs is 1. The highest BCUT2D eigenvalue weighted by Gasteiger charge is 2.07. The van der Waals surface area contributed by atoms with Gasteiger partial charge in [0.1, 0.15) is 5.82 Å². The van der Waals surface area contributed by atoms with E-state index in [-0.39, 0.29) is 5.82 Å². The second kappa shape index (κ2) is 5.32. The van der Waals surface area contributed by atoms with Gasteiger partial charge in [-0.3, -0.25) is 4.98 Å². The van der Waals surface area contributed by atoms with Gasteiger partial charge in [-0.25, -0.2) is 9.18 Å². The molecule has 3 aromatic rings. The number of halogens is 1. The van der Waals surface area contributed by atoms with Crippen LogP contribution in [-0.2, 0) is 4.74 Å². The van der Waals surface area contributed by atoms with E-state index < -0.39 is 5.97 Å². The highest BCUT2D eigenvalue weighted by molar-refractivity contribution is 5.95. The normalized spacial score (nSPS) is 10.6. The first-order chi connectivity index (χ1) is 10.2. The van der Waals surface area contributed by atoms with Gasteiger partial charge in [0, 0.05) is 17.1 Å². The average Bonchev–Trinajstić information content (AvgIpc) is 2.53. The lowest BCUT2D eigenvalue weighted by atomic mass is 10.0. The molecule has 0 aliphatic carbocycles. The van der Waals surface area contributed by atoms with Crippen LogP contribution in [0.1, 0.15) is 10.4 Å². The van der Waals surface area contributed by atoms with Crippen molar-refractivity contribution in [2.24, 2.45) is 0 Å². The molecule has 3 rings (SSSR count). The van der Waals surface area contributed by atoms with E-state index in [0.717, 1.165) is 22.0 Å². The van der Waals surface area contributed by atoms with Crippen molar-refractivity contribution >= 4 is 16.9 Å². The number of hydrogen-bond donors (Lipinski definition) is 0. The van der Waals surface area contributed by atoms with Gasteiger partial charge >= 0.3 is 5.97 Å². The number of carbonyl (C=O) groups is 1. The summed E-state index contributed by atoms with van der Waals surface area (Å²) in [4.78, 5) is 15.9. The summed E-state index contributed by atoms with van der Waals surface area (Å²) in [5.74, 6) is -0.691. The summed E-state index contributed by atoms with van der Waals surface area (Å²) >= 11 is 0. The fourth-order valence-corrected chi connectivity index (χ4v) is 2.20. The molecule has 0 aliphatic rings. The minimum absolute atomic E-state index is 0.295. The van der Waals surface area contributed by atoms with Crippen molar-refractivity contribution < 1.29 is 13.9 Å². The zero-order valence-corrected chi connectivity index (χ0v) is 11.3. The molecule has 0 fully saturated rings. The Morgan fingerprint density at radius 2 is 1.95 bits per heavy atom. The van der Waals surface area contributed by atoms with Crippen LogP contribution in [-0.4, -0.2) is 18.1 Å². The molecular formula is C17H12FNO2. The highest BCUT2D eigenvalue weighted by Crippen LogP contribution is 2.24. The van der Waals surface area contributed by atoms with Gasteiger partial charge in [0.2, 0.25) is 0 Å². The van der Waals surface area contributed by atoms with Crippen LogP contribution in [0.5, 0.6) is 0 Å². The summed E-state index contributed by atoms with van der Waals surface area (Å²) in [6.45, 7) is 0. The van der Waals surface area contributed by atoms with Gasteiger partial charge in [-0.1, -0.05) is 12.1 Å². The number of aromatic nitrogens is 1. The van der Waals surface area contributed by atoms with E-state index in [9.17, 15) is 9.18 Å². The lowest BCUT2D eigenvalue weighted by molar-refractivity contribution is 0.0601. The van der Waals surface area contributed by atoms with Gasteiger partial charge in [0.05, 0.1) is 18.2 Å². The lowest BCUT2D eigenvalue weighted by Gasteiger charge is -2.05. The number of rotatable bonds is 2. The third-order valence-electron chi connectivity index (χ3n) is 3.26. The minimum atomic E-state index is -0.395. The molecule has 1 aromatic heterocycles. The van der Waals surface area contributed by atoms with Crippen LogP contribution in [0.3, 0.4) is 0 Å². The van der Waals surface area contributed by atoms with E-state index in [1.165, 1.54) is 19.2 Å². The van der Waals surface area contributed by atoms with Crippen molar-refractivity contribution in [1.29, 1.82) is 0 Å². The standard InChI is InChI=1S/C17H12FNO2/c1-21-17(20)12-5-6-16-13(7-12)8-14(10-19-16)11-3-2-4-15(18)9-11/h2-10H,1H3. The SMILES string of the molecule is COC(=O)c1ccc2ncc(-c3cccc(F)c3)cc2c1. The summed E-state index contributed by atoms with van der Waals surface area (Å²) in [5.41, 5.74) is 2.77. The van der Waals surface area contributed by atoms with Gasteiger partial charge in [0.25, 0.3) is 0 Å². The van der Waals surface area contributed by atoms with Crippen molar-refractivity contribution in [3.05, 3.63) is 66.1 Å². The van der Waals surface area contributed by atoms with Crippen LogP contribution in [0.25, 0.3) is 22.0 Å². The van der Waals surface area contributed by atoms with E-state index in [2.05, 4.69) is 4.98 Å². The third kappa shape index (κ3) is 2.60. The van der Waals surface area contributed by atoms with E-state index in [4.69, 9.17) is 4.74 Å². The molecule has 1 heterocycles. The van der Waals surface area contributed by atoms with Crippen LogP contribution in [0.15, 0.2) is 54.7 Å². The highest BCUT2D eigenvalue weighted by atomic mass is 19.1. The number of hydrogen-bond acceptors (Lipinski definition) is 3. The Bertz CT molecular complexity index is 830. The van der Waals surface area contributed by atoms with Crippen molar-refractivity contribution in [2.75, 3.05) is 7.11 Å². The number of ether oxygens (including phenoxy) is 1. The maximum Gasteiger partial charge on any atom is 0.337 e. The van der Waals surface area contributed by atoms with Gasteiger partial charge in [-0.05, 0) is 42.0 Å². The molecule has 0 unspecified atom stereocenters. The Morgan fingerprint density at radius 3 is 2.71 bits per heavy atom. The van der Waals surface area contributed by atoms with Crippen molar-refractivity contribution in [3.63, 3.8) is 0 Å². The summed E-state index contributed by atoms with van der Waals surface area (Å²) < 4.78 is 18.0. The molecule has 0 atom stereocenters. The Hall–Kier alpha value is -2.75. The largest absolute Gasteiger partial charge is 0.465 e. The molecule has 2 aromatic carbocycles. The second-order valence-corrected chi connectivity index (χ2v) is 4.63. The van der Waals surface area contributed by atoms with E-state index >= 15 is 0 Å². The van der Waals surface area contributed by atoms with Gasteiger partial charge in [0.15, 0.2) is 0 Å². The van der Waals surface area contributed by atoms with Crippen molar-refractivity contribution in [3.8, 4) is 11.1 Å². The molecule has 0 amide bonds. The third-order valence-corrected chi connectivity index (χ3v) is 3.26. The number of pyridine rings is 1. The lowest BCUT2D eigenvalue weighted by Crippen LogP contribution is -2.00. The predicted octanol–water partition coefficient (Wildman–Crippen LogP) is 3.83. The Kier molecular flexibility index (Phi) is 3.36. The molecule has 0 radical (unpaired) electrons. The van der Waals surface area contributed by atoms with Crippen molar-refractivity contribution in [1.82, 2.24) is 4.98 Å². The number of carbonyl (C=O) groups excluding carboxylic acids is 1. The minimum Gasteiger partial charge on any atom is -0.465 e. The molecular weight excluding hydrogens is 269 g/mol. The molecule has 21 heavy (non-hydrogen) atoms. The summed E-state index contributed by atoms with van der Waals surface area (Å²) in [6, 6.07) is 13.3. The molecule has 0 aliphatic heterocycles. The quantitative estimate of drug-likeness (QED) is 0.670. The molecule has 0 saturated carbocycles. The smallest absolute Gasteiger partial charge is 0.337 e. The van der Waals surface area contributed by atoms with Gasteiger partial charge in [-0.15, -0.1) is 0 Å². The first-order valence-electron chi connectivity index (χ1n) is 6.41. The Balaban J connectivity index is 2.12. The Labute approximate surface area is 121 Å². The summed E-state index contributed by atoms with van der Waals surface area (Å²) in [5, 5.41) is 0.805. The monoisotopic (exact) mass is 281 g/mol. The van der Waals surface area contributed by atoms with E-state index in [1.54, 1.807) is 30.5 Å². The maximum atomic E-state index is 13.3. The van der Waals surface area contributed by atoms with Gasteiger partial charge < -0.3 is 4.74 Å². The fourth-order valence-electron chi connectivity index (χ4n) is 2.20. The molecule has 4 heteroatoms. The van der Waals surface area contributed by atoms with Crippen LogP contribution >= 0.6 is 0 Å². The zero-order chi connectivity index (χ0) is 14.8. The molecule has 0 spiro atoms. The molecule has 3 nitrogen and oxygen atoms in total.